The van der Waals surface area contributed by atoms with Crippen LogP contribution in [-0.2, 0) is 17.8 Å². The number of hydrogen-bond acceptors (Lipinski definition) is 2. The van der Waals surface area contributed by atoms with Crippen LogP contribution in [-0.4, -0.2) is 29.8 Å². The Morgan fingerprint density at radius 1 is 1.15 bits per heavy atom. The van der Waals surface area contributed by atoms with Gasteiger partial charge < -0.3 is 10.2 Å². The highest BCUT2D eigenvalue weighted by Gasteiger charge is 2.19. The van der Waals surface area contributed by atoms with E-state index < -0.39 is 5.82 Å². The van der Waals surface area contributed by atoms with Gasteiger partial charge in [0, 0.05) is 31.6 Å². The molecule has 0 bridgehead atoms. The summed E-state index contributed by atoms with van der Waals surface area (Å²) in [7, 11) is 0. The molecule has 0 aliphatic carbocycles. The summed E-state index contributed by atoms with van der Waals surface area (Å²) in [4.78, 5) is 26.2. The van der Waals surface area contributed by atoms with Gasteiger partial charge in [0.2, 0.25) is 5.91 Å². The van der Waals surface area contributed by atoms with Crippen molar-refractivity contribution in [2.75, 3.05) is 13.1 Å². The van der Waals surface area contributed by atoms with E-state index in [4.69, 9.17) is 0 Å². The second-order valence-electron chi connectivity index (χ2n) is 6.32. The zero-order chi connectivity index (χ0) is 18.5. The van der Waals surface area contributed by atoms with Crippen molar-refractivity contribution in [3.63, 3.8) is 0 Å². The van der Waals surface area contributed by atoms with Gasteiger partial charge in [0.05, 0.1) is 4.47 Å². The van der Waals surface area contributed by atoms with E-state index in [1.54, 1.807) is 6.07 Å². The summed E-state index contributed by atoms with van der Waals surface area (Å²) in [6, 6.07) is 12.4. The van der Waals surface area contributed by atoms with Gasteiger partial charge in [-0.25, -0.2) is 4.39 Å². The highest BCUT2D eigenvalue weighted by Crippen LogP contribution is 2.19. The average molecular weight is 419 g/mol. The summed E-state index contributed by atoms with van der Waals surface area (Å²) >= 11 is 3.06. The van der Waals surface area contributed by atoms with Crippen molar-refractivity contribution >= 4 is 27.7 Å². The quantitative estimate of drug-likeness (QED) is 0.752. The molecule has 0 spiro atoms. The number of benzene rings is 2. The van der Waals surface area contributed by atoms with Gasteiger partial charge in [-0.3, -0.25) is 9.59 Å². The van der Waals surface area contributed by atoms with E-state index in [0.717, 1.165) is 13.0 Å². The monoisotopic (exact) mass is 418 g/mol. The van der Waals surface area contributed by atoms with E-state index in [2.05, 4.69) is 33.4 Å². The fourth-order valence-corrected chi connectivity index (χ4v) is 3.29. The van der Waals surface area contributed by atoms with Crippen molar-refractivity contribution in [1.29, 1.82) is 0 Å². The maximum absolute atomic E-state index is 13.5. The van der Waals surface area contributed by atoms with Crippen LogP contribution >= 0.6 is 15.9 Å². The SMILES string of the molecule is O=C(NCCCC(=O)N1CCc2ccccc2C1)c1ccc(Br)c(F)c1. The number of fused-ring (bicyclic) bond motifs is 1. The van der Waals surface area contributed by atoms with Crippen LogP contribution in [0.3, 0.4) is 0 Å². The molecule has 136 valence electrons. The molecule has 0 unspecified atom stereocenters. The normalized spacial score (nSPS) is 13.2. The number of nitrogens with zero attached hydrogens (tertiary/aromatic N) is 1. The third-order valence-electron chi connectivity index (χ3n) is 4.52. The van der Waals surface area contributed by atoms with Crippen LogP contribution in [0.1, 0.15) is 34.3 Å². The second-order valence-corrected chi connectivity index (χ2v) is 7.18. The van der Waals surface area contributed by atoms with E-state index >= 15 is 0 Å². The Bertz CT molecular complexity index is 825. The molecule has 2 amide bonds. The Hall–Kier alpha value is -2.21. The van der Waals surface area contributed by atoms with Gasteiger partial charge in [-0.2, -0.15) is 0 Å². The van der Waals surface area contributed by atoms with Crippen LogP contribution in [0, 0.1) is 5.82 Å². The molecule has 0 atom stereocenters. The molecule has 1 aliphatic rings. The topological polar surface area (TPSA) is 49.4 Å². The molecule has 1 aliphatic heterocycles. The lowest BCUT2D eigenvalue weighted by atomic mass is 9.99. The van der Waals surface area contributed by atoms with Gasteiger partial charge in [0.25, 0.3) is 5.91 Å². The molecular weight excluding hydrogens is 399 g/mol. The van der Waals surface area contributed by atoms with Gasteiger partial charge in [0.15, 0.2) is 0 Å². The Morgan fingerprint density at radius 3 is 2.69 bits per heavy atom. The summed E-state index contributed by atoms with van der Waals surface area (Å²) in [5.74, 6) is -0.711. The van der Waals surface area contributed by atoms with Crippen molar-refractivity contribution in [3.05, 3.63) is 69.4 Å². The fraction of sp³-hybridized carbons (Fsp3) is 0.300. The van der Waals surface area contributed by atoms with Crippen molar-refractivity contribution in [2.24, 2.45) is 0 Å². The number of rotatable bonds is 5. The zero-order valence-electron chi connectivity index (χ0n) is 14.3. The fourth-order valence-electron chi connectivity index (χ4n) is 3.05. The summed E-state index contributed by atoms with van der Waals surface area (Å²) in [5, 5.41) is 2.73. The van der Waals surface area contributed by atoms with Crippen molar-refractivity contribution in [3.8, 4) is 0 Å². The first kappa shape index (κ1) is 18.6. The van der Waals surface area contributed by atoms with Gasteiger partial charge >= 0.3 is 0 Å². The molecule has 26 heavy (non-hydrogen) atoms. The van der Waals surface area contributed by atoms with Crippen LogP contribution in [0.15, 0.2) is 46.9 Å². The van der Waals surface area contributed by atoms with E-state index in [1.807, 2.05) is 17.0 Å². The molecule has 0 fully saturated rings. The lowest BCUT2D eigenvalue weighted by Gasteiger charge is -2.29. The first-order chi connectivity index (χ1) is 12.5. The van der Waals surface area contributed by atoms with Crippen molar-refractivity contribution in [1.82, 2.24) is 10.2 Å². The van der Waals surface area contributed by atoms with E-state index in [9.17, 15) is 14.0 Å². The Balaban J connectivity index is 1.43. The van der Waals surface area contributed by atoms with Gasteiger partial charge in [-0.1, -0.05) is 24.3 Å². The average Bonchev–Trinajstić information content (AvgIpc) is 2.66. The molecule has 2 aromatic carbocycles. The number of nitrogens with one attached hydrogen (secondary N) is 1. The van der Waals surface area contributed by atoms with E-state index in [1.165, 1.54) is 23.3 Å². The summed E-state index contributed by atoms with van der Waals surface area (Å²) < 4.78 is 13.8. The standard InChI is InChI=1S/C20H20BrFN2O2/c21-17-8-7-15(12-18(17)22)20(26)23-10-3-6-19(25)24-11-9-14-4-1-2-5-16(14)13-24/h1-2,4-5,7-8,12H,3,6,9-11,13H2,(H,23,26). The maximum Gasteiger partial charge on any atom is 0.251 e. The van der Waals surface area contributed by atoms with E-state index in [0.29, 0.717) is 30.4 Å². The molecule has 0 saturated heterocycles. The number of hydrogen-bond donors (Lipinski definition) is 1. The Kier molecular flexibility index (Phi) is 6.04. The summed E-state index contributed by atoms with van der Waals surface area (Å²) in [5.41, 5.74) is 2.79. The van der Waals surface area contributed by atoms with Crippen LogP contribution in [0.5, 0.6) is 0 Å². The van der Waals surface area contributed by atoms with Crippen LogP contribution in [0.25, 0.3) is 0 Å². The minimum Gasteiger partial charge on any atom is -0.352 e. The highest BCUT2D eigenvalue weighted by molar-refractivity contribution is 9.10. The molecular formula is C20H20BrFN2O2. The first-order valence-electron chi connectivity index (χ1n) is 8.62. The maximum atomic E-state index is 13.5. The smallest absolute Gasteiger partial charge is 0.251 e. The number of carbonyl (C=O) groups is 2. The van der Waals surface area contributed by atoms with Gasteiger partial charge in [-0.05, 0) is 58.1 Å². The minimum atomic E-state index is -0.474. The number of halogens is 2. The second kappa shape index (κ2) is 8.45. The van der Waals surface area contributed by atoms with Crippen molar-refractivity contribution < 1.29 is 14.0 Å². The predicted molar refractivity (Wildman–Crippen MR) is 101 cm³/mol. The number of amides is 2. The number of carbonyl (C=O) groups excluding carboxylic acids is 2. The minimum absolute atomic E-state index is 0.100. The third-order valence-corrected chi connectivity index (χ3v) is 5.16. The highest BCUT2D eigenvalue weighted by atomic mass is 79.9. The van der Waals surface area contributed by atoms with Gasteiger partial charge in [-0.15, -0.1) is 0 Å². The Labute approximate surface area is 160 Å². The molecule has 4 nitrogen and oxygen atoms in total. The zero-order valence-corrected chi connectivity index (χ0v) is 15.9. The summed E-state index contributed by atoms with van der Waals surface area (Å²) in [6.45, 7) is 1.77. The molecule has 3 rings (SSSR count). The predicted octanol–water partition coefficient (Wildman–Crippen LogP) is 3.68. The third kappa shape index (κ3) is 4.49. The Morgan fingerprint density at radius 2 is 1.92 bits per heavy atom. The van der Waals surface area contributed by atoms with Crippen molar-refractivity contribution in [2.45, 2.75) is 25.8 Å². The molecule has 0 saturated carbocycles. The lowest BCUT2D eigenvalue weighted by molar-refractivity contribution is -0.132. The summed E-state index contributed by atoms with van der Waals surface area (Å²) in [6.07, 6.45) is 1.83. The molecule has 2 aromatic rings. The van der Waals surface area contributed by atoms with E-state index in [-0.39, 0.29) is 17.4 Å². The van der Waals surface area contributed by atoms with Crippen LogP contribution in [0.4, 0.5) is 4.39 Å². The largest absolute Gasteiger partial charge is 0.352 e. The van der Waals surface area contributed by atoms with Gasteiger partial charge in [0.1, 0.15) is 5.82 Å². The van der Waals surface area contributed by atoms with Crippen LogP contribution < -0.4 is 5.32 Å². The molecule has 1 N–H and O–H groups in total. The molecule has 0 aromatic heterocycles. The first-order valence-corrected chi connectivity index (χ1v) is 9.41. The molecule has 0 radical (unpaired) electrons. The molecule has 1 heterocycles. The lowest BCUT2D eigenvalue weighted by Crippen LogP contribution is -2.36. The van der Waals surface area contributed by atoms with Crippen LogP contribution in [0.2, 0.25) is 0 Å². The molecule has 6 heteroatoms.